The van der Waals surface area contributed by atoms with Crippen molar-refractivity contribution in [1.29, 1.82) is 0 Å². The summed E-state index contributed by atoms with van der Waals surface area (Å²) in [4.78, 5) is 12.6. The SMILES string of the molecule is O=C(NN=C1CCS(=O)(=O)c2ccc(F)cc21)c1cccc(S(=O)(=O)N2CCCCC2)c1. The Morgan fingerprint density at radius 2 is 1.81 bits per heavy atom. The van der Waals surface area contributed by atoms with Crippen molar-refractivity contribution >= 4 is 31.5 Å². The summed E-state index contributed by atoms with van der Waals surface area (Å²) in [6.45, 7) is 0.899. The van der Waals surface area contributed by atoms with Crippen LogP contribution in [0.25, 0.3) is 0 Å². The van der Waals surface area contributed by atoms with Gasteiger partial charge in [0.15, 0.2) is 9.84 Å². The number of piperidine rings is 1. The molecule has 0 aromatic heterocycles. The van der Waals surface area contributed by atoms with Crippen molar-refractivity contribution in [3.05, 3.63) is 59.4 Å². The summed E-state index contributed by atoms with van der Waals surface area (Å²) < 4.78 is 65.3. The van der Waals surface area contributed by atoms with Crippen molar-refractivity contribution < 1.29 is 26.0 Å². The molecule has 0 saturated carbocycles. The van der Waals surface area contributed by atoms with Crippen LogP contribution in [0.2, 0.25) is 0 Å². The Morgan fingerprint density at radius 1 is 1.06 bits per heavy atom. The maximum Gasteiger partial charge on any atom is 0.271 e. The highest BCUT2D eigenvalue weighted by Gasteiger charge is 2.29. The number of hydrogen-bond acceptors (Lipinski definition) is 6. The third kappa shape index (κ3) is 4.45. The van der Waals surface area contributed by atoms with Gasteiger partial charge in [0.05, 0.1) is 21.3 Å². The fraction of sp³-hybridized carbons (Fsp3) is 0.333. The largest absolute Gasteiger partial charge is 0.271 e. The van der Waals surface area contributed by atoms with Crippen molar-refractivity contribution in [3.63, 3.8) is 0 Å². The maximum absolute atomic E-state index is 13.7. The van der Waals surface area contributed by atoms with E-state index in [1.165, 1.54) is 34.6 Å². The van der Waals surface area contributed by atoms with Crippen LogP contribution < -0.4 is 5.43 Å². The van der Waals surface area contributed by atoms with Gasteiger partial charge in [0.25, 0.3) is 5.91 Å². The van der Waals surface area contributed by atoms with Crippen LogP contribution in [0.15, 0.2) is 57.4 Å². The first-order chi connectivity index (χ1) is 15.2. The van der Waals surface area contributed by atoms with Gasteiger partial charge in [-0.2, -0.15) is 9.41 Å². The molecule has 2 aliphatic rings. The van der Waals surface area contributed by atoms with Gasteiger partial charge in [0.2, 0.25) is 10.0 Å². The number of hydrazone groups is 1. The smallest absolute Gasteiger partial charge is 0.267 e. The van der Waals surface area contributed by atoms with Crippen LogP contribution in [0.5, 0.6) is 0 Å². The molecule has 32 heavy (non-hydrogen) atoms. The topological polar surface area (TPSA) is 113 Å². The molecule has 2 aromatic rings. The predicted molar refractivity (Wildman–Crippen MR) is 116 cm³/mol. The number of rotatable bonds is 4. The lowest BCUT2D eigenvalue weighted by atomic mass is 10.1. The van der Waals surface area contributed by atoms with E-state index in [9.17, 15) is 26.0 Å². The van der Waals surface area contributed by atoms with E-state index in [0.717, 1.165) is 31.4 Å². The van der Waals surface area contributed by atoms with Gasteiger partial charge in [-0.25, -0.2) is 26.7 Å². The van der Waals surface area contributed by atoms with Gasteiger partial charge in [-0.1, -0.05) is 12.5 Å². The Bertz CT molecular complexity index is 1300. The number of fused-ring (bicyclic) bond motifs is 1. The third-order valence-corrected chi connectivity index (χ3v) is 9.20. The monoisotopic (exact) mass is 479 g/mol. The molecule has 1 fully saturated rings. The number of sulfone groups is 1. The quantitative estimate of drug-likeness (QED) is 0.534. The molecule has 4 rings (SSSR count). The Morgan fingerprint density at radius 3 is 2.56 bits per heavy atom. The minimum atomic E-state index is -3.70. The van der Waals surface area contributed by atoms with E-state index in [2.05, 4.69) is 10.5 Å². The van der Waals surface area contributed by atoms with Gasteiger partial charge < -0.3 is 0 Å². The molecular weight excluding hydrogens is 457 g/mol. The average Bonchev–Trinajstić information content (AvgIpc) is 2.79. The molecule has 11 heteroatoms. The zero-order valence-electron chi connectivity index (χ0n) is 17.1. The van der Waals surface area contributed by atoms with E-state index < -0.39 is 31.6 Å². The summed E-state index contributed by atoms with van der Waals surface area (Å²) in [7, 11) is -7.25. The van der Waals surface area contributed by atoms with Gasteiger partial charge in [-0.15, -0.1) is 0 Å². The lowest BCUT2D eigenvalue weighted by molar-refractivity contribution is 0.0954. The van der Waals surface area contributed by atoms with Crippen molar-refractivity contribution in [2.75, 3.05) is 18.8 Å². The Labute approximate surface area is 186 Å². The first-order valence-corrected chi connectivity index (χ1v) is 13.3. The summed E-state index contributed by atoms with van der Waals surface area (Å²) >= 11 is 0. The Kier molecular flexibility index (Phi) is 6.15. The first-order valence-electron chi connectivity index (χ1n) is 10.2. The zero-order valence-corrected chi connectivity index (χ0v) is 18.8. The highest BCUT2D eigenvalue weighted by Crippen LogP contribution is 2.26. The number of halogens is 1. The average molecular weight is 480 g/mol. The third-order valence-electron chi connectivity index (χ3n) is 5.54. The second-order valence-electron chi connectivity index (χ2n) is 7.70. The highest BCUT2D eigenvalue weighted by molar-refractivity contribution is 7.91. The first kappa shape index (κ1) is 22.6. The lowest BCUT2D eigenvalue weighted by Crippen LogP contribution is -2.35. The van der Waals surface area contributed by atoms with Gasteiger partial charge >= 0.3 is 0 Å². The summed E-state index contributed by atoms with van der Waals surface area (Å²) in [5.74, 6) is -1.47. The summed E-state index contributed by atoms with van der Waals surface area (Å²) in [6.07, 6.45) is 2.61. The fourth-order valence-corrected chi connectivity index (χ4v) is 6.86. The van der Waals surface area contributed by atoms with Gasteiger partial charge in [-0.05, 0) is 49.2 Å². The number of carbonyl (C=O) groups is 1. The van der Waals surface area contributed by atoms with Crippen molar-refractivity contribution in [2.24, 2.45) is 5.10 Å². The molecular formula is C21H22FN3O5S2. The minimum absolute atomic E-state index is 0.0163. The number of amides is 1. The minimum Gasteiger partial charge on any atom is -0.267 e. The fourth-order valence-electron chi connectivity index (χ4n) is 3.83. The van der Waals surface area contributed by atoms with E-state index >= 15 is 0 Å². The number of carbonyl (C=O) groups excluding carboxylic acids is 1. The van der Waals surface area contributed by atoms with Gasteiger partial charge in [0, 0.05) is 30.6 Å². The molecule has 0 bridgehead atoms. The zero-order chi connectivity index (χ0) is 22.9. The van der Waals surface area contributed by atoms with E-state index in [4.69, 9.17) is 0 Å². The molecule has 0 spiro atoms. The highest BCUT2D eigenvalue weighted by atomic mass is 32.2. The van der Waals surface area contributed by atoms with Gasteiger partial charge in [-0.3, -0.25) is 4.79 Å². The maximum atomic E-state index is 13.7. The molecule has 170 valence electrons. The summed E-state index contributed by atoms with van der Waals surface area (Å²) in [5.41, 5.74) is 2.78. The number of hydrogen-bond donors (Lipinski definition) is 1. The predicted octanol–water partition coefficient (Wildman–Crippen LogP) is 2.31. The summed E-state index contributed by atoms with van der Waals surface area (Å²) in [5, 5.41) is 4.02. The van der Waals surface area contributed by atoms with Crippen LogP contribution in [-0.2, 0) is 19.9 Å². The molecule has 2 aromatic carbocycles. The van der Waals surface area contributed by atoms with Crippen LogP contribution in [-0.4, -0.2) is 51.6 Å². The molecule has 8 nitrogen and oxygen atoms in total. The molecule has 1 saturated heterocycles. The normalized spacial score (nSPS) is 20.0. The van der Waals surface area contributed by atoms with Crippen molar-refractivity contribution in [1.82, 2.24) is 9.73 Å². The molecule has 0 unspecified atom stereocenters. The molecule has 0 atom stereocenters. The molecule has 1 N–H and O–H groups in total. The van der Waals surface area contributed by atoms with E-state index in [-0.39, 0.29) is 38.8 Å². The molecule has 0 radical (unpaired) electrons. The lowest BCUT2D eigenvalue weighted by Gasteiger charge is -2.26. The molecule has 2 heterocycles. The van der Waals surface area contributed by atoms with Crippen molar-refractivity contribution in [2.45, 2.75) is 35.5 Å². The summed E-state index contributed by atoms with van der Waals surface area (Å²) in [6, 6.07) is 9.00. The van der Waals surface area contributed by atoms with Crippen LogP contribution >= 0.6 is 0 Å². The Hall–Kier alpha value is -2.63. The second kappa shape index (κ2) is 8.72. The molecule has 1 amide bonds. The molecule has 2 aliphatic heterocycles. The second-order valence-corrected chi connectivity index (χ2v) is 11.7. The number of nitrogens with zero attached hydrogens (tertiary/aromatic N) is 2. The standard InChI is InChI=1S/C21H22FN3O5S2/c22-16-7-8-20-18(14-16)19(9-12-31(20,27)28)23-24-21(26)15-5-4-6-17(13-15)32(29,30)25-10-2-1-3-11-25/h4-8,13-14H,1-3,9-12H2,(H,24,26). The number of sulfonamides is 1. The van der Waals surface area contributed by atoms with Crippen LogP contribution in [0.4, 0.5) is 4.39 Å². The van der Waals surface area contributed by atoms with Crippen LogP contribution in [0.1, 0.15) is 41.6 Å². The Balaban J connectivity index is 1.57. The number of benzene rings is 2. The van der Waals surface area contributed by atoms with Crippen LogP contribution in [0, 0.1) is 5.82 Å². The van der Waals surface area contributed by atoms with E-state index in [0.29, 0.717) is 13.1 Å². The van der Waals surface area contributed by atoms with Gasteiger partial charge in [0.1, 0.15) is 5.82 Å². The van der Waals surface area contributed by atoms with E-state index in [1.54, 1.807) is 0 Å². The van der Waals surface area contributed by atoms with Crippen LogP contribution in [0.3, 0.4) is 0 Å². The number of nitrogens with one attached hydrogen (secondary N) is 1. The molecule has 0 aliphatic carbocycles. The van der Waals surface area contributed by atoms with E-state index in [1.807, 2.05) is 0 Å². The van der Waals surface area contributed by atoms with Crippen molar-refractivity contribution in [3.8, 4) is 0 Å².